The molecule has 0 bridgehead atoms. The second kappa shape index (κ2) is 5.27. The zero-order chi connectivity index (χ0) is 13.1. The molecule has 1 unspecified atom stereocenters. The van der Waals surface area contributed by atoms with Crippen molar-refractivity contribution in [3.05, 3.63) is 23.3 Å². The van der Waals surface area contributed by atoms with E-state index in [-0.39, 0.29) is 12.6 Å². The average molecular weight is 251 g/mol. The third kappa shape index (κ3) is 2.56. The van der Waals surface area contributed by atoms with Crippen LogP contribution in [0.2, 0.25) is 0 Å². The Morgan fingerprint density at radius 1 is 1.44 bits per heavy atom. The van der Waals surface area contributed by atoms with Crippen molar-refractivity contribution in [1.29, 1.82) is 0 Å². The number of hydrogen-bond acceptors (Lipinski definition) is 4. The van der Waals surface area contributed by atoms with Crippen LogP contribution in [-0.2, 0) is 17.6 Å². The number of carbonyl (C=O) groups is 1. The normalized spacial score (nSPS) is 17.3. The molecular formula is C13H17NO4. The number of ether oxygens (including phenoxy) is 2. The smallest absolute Gasteiger partial charge is 0.341 e. The molecule has 5 heteroatoms. The van der Waals surface area contributed by atoms with E-state index < -0.39 is 5.97 Å². The lowest BCUT2D eigenvalue weighted by molar-refractivity contribution is -0.139. The highest BCUT2D eigenvalue weighted by atomic mass is 16.5. The van der Waals surface area contributed by atoms with E-state index in [0.717, 1.165) is 17.5 Å². The fraction of sp³-hybridized carbons (Fsp3) is 0.462. The van der Waals surface area contributed by atoms with Crippen LogP contribution in [0.25, 0.3) is 0 Å². The Labute approximate surface area is 106 Å². The zero-order valence-electron chi connectivity index (χ0n) is 10.3. The average Bonchev–Trinajstić information content (AvgIpc) is 2.68. The van der Waals surface area contributed by atoms with E-state index in [4.69, 9.17) is 20.3 Å². The molecule has 2 rings (SSSR count). The van der Waals surface area contributed by atoms with Gasteiger partial charge < -0.3 is 20.3 Å². The molecule has 1 aliphatic rings. The van der Waals surface area contributed by atoms with Gasteiger partial charge in [-0.05, 0) is 31.4 Å². The maximum Gasteiger partial charge on any atom is 0.341 e. The molecule has 18 heavy (non-hydrogen) atoms. The van der Waals surface area contributed by atoms with Crippen LogP contribution in [0.5, 0.6) is 11.5 Å². The van der Waals surface area contributed by atoms with Crippen molar-refractivity contribution in [3.8, 4) is 11.5 Å². The van der Waals surface area contributed by atoms with Crippen LogP contribution in [0.4, 0.5) is 0 Å². The predicted octanol–water partition coefficient (Wildman–Crippen LogP) is 0.975. The first-order valence-electron chi connectivity index (χ1n) is 5.99. The summed E-state index contributed by atoms with van der Waals surface area (Å²) in [7, 11) is 0. The molecule has 0 saturated heterocycles. The molecule has 1 aromatic carbocycles. The number of carboxylic acid groups (broad SMARTS) is 1. The molecule has 0 spiro atoms. The summed E-state index contributed by atoms with van der Waals surface area (Å²) in [5, 5.41) is 8.71. The van der Waals surface area contributed by atoms with E-state index in [1.807, 2.05) is 19.1 Å². The maximum atomic E-state index is 10.6. The van der Waals surface area contributed by atoms with Crippen molar-refractivity contribution < 1.29 is 19.4 Å². The van der Waals surface area contributed by atoms with Crippen molar-refractivity contribution >= 4 is 5.97 Å². The fourth-order valence-electron chi connectivity index (χ4n) is 2.24. The van der Waals surface area contributed by atoms with Crippen molar-refractivity contribution in [2.45, 2.75) is 25.8 Å². The van der Waals surface area contributed by atoms with E-state index in [1.165, 1.54) is 0 Å². The van der Waals surface area contributed by atoms with Gasteiger partial charge in [-0.3, -0.25) is 0 Å². The minimum Gasteiger partial charge on any atom is -0.490 e. The number of benzene rings is 1. The van der Waals surface area contributed by atoms with E-state index in [2.05, 4.69) is 0 Å². The third-order valence-electron chi connectivity index (χ3n) is 2.91. The molecule has 0 saturated carbocycles. The number of fused-ring (bicyclic) bond motifs is 1. The Bertz CT molecular complexity index is 459. The lowest BCUT2D eigenvalue weighted by atomic mass is 10.1. The van der Waals surface area contributed by atoms with Gasteiger partial charge in [0, 0.05) is 11.6 Å². The highest BCUT2D eigenvalue weighted by molar-refractivity contribution is 5.69. The number of nitrogens with two attached hydrogens (primary N) is 1. The largest absolute Gasteiger partial charge is 0.490 e. The van der Waals surface area contributed by atoms with Crippen LogP contribution in [0.15, 0.2) is 12.1 Å². The van der Waals surface area contributed by atoms with E-state index in [1.54, 1.807) is 0 Å². The minimum atomic E-state index is -1.00. The number of rotatable bonds is 5. The van der Waals surface area contributed by atoms with Crippen molar-refractivity contribution in [3.63, 3.8) is 0 Å². The van der Waals surface area contributed by atoms with Crippen LogP contribution in [0.1, 0.15) is 18.1 Å². The van der Waals surface area contributed by atoms with Crippen LogP contribution >= 0.6 is 0 Å². The molecule has 3 N–H and O–H groups in total. The lowest BCUT2D eigenvalue weighted by Gasteiger charge is -2.14. The highest BCUT2D eigenvalue weighted by Gasteiger charge is 2.25. The molecule has 0 aromatic heterocycles. The first-order valence-corrected chi connectivity index (χ1v) is 5.99. The van der Waals surface area contributed by atoms with Gasteiger partial charge in [-0.15, -0.1) is 0 Å². The Morgan fingerprint density at radius 2 is 2.22 bits per heavy atom. The van der Waals surface area contributed by atoms with E-state index in [0.29, 0.717) is 24.5 Å². The van der Waals surface area contributed by atoms with Gasteiger partial charge in [0.25, 0.3) is 0 Å². The molecule has 1 aromatic rings. The summed E-state index contributed by atoms with van der Waals surface area (Å²) in [6, 6.07) is 3.86. The van der Waals surface area contributed by atoms with Gasteiger partial charge in [0.15, 0.2) is 18.1 Å². The predicted molar refractivity (Wildman–Crippen MR) is 66.1 cm³/mol. The monoisotopic (exact) mass is 251 g/mol. The van der Waals surface area contributed by atoms with Crippen molar-refractivity contribution in [2.24, 2.45) is 5.73 Å². The van der Waals surface area contributed by atoms with Gasteiger partial charge in [0.1, 0.15) is 0 Å². The summed E-state index contributed by atoms with van der Waals surface area (Å²) < 4.78 is 10.8. The summed E-state index contributed by atoms with van der Waals surface area (Å²) >= 11 is 0. The van der Waals surface area contributed by atoms with Crippen LogP contribution in [0, 0.1) is 0 Å². The van der Waals surface area contributed by atoms with Crippen molar-refractivity contribution in [2.75, 3.05) is 13.2 Å². The first-order chi connectivity index (χ1) is 8.61. The van der Waals surface area contributed by atoms with Gasteiger partial charge in [-0.1, -0.05) is 6.07 Å². The number of carboxylic acids is 1. The van der Waals surface area contributed by atoms with Gasteiger partial charge in [0.2, 0.25) is 0 Å². The molecule has 5 nitrogen and oxygen atoms in total. The molecule has 0 fully saturated rings. The third-order valence-corrected chi connectivity index (χ3v) is 2.91. The minimum absolute atomic E-state index is 0.0732. The van der Waals surface area contributed by atoms with Crippen LogP contribution < -0.4 is 15.2 Å². The summed E-state index contributed by atoms with van der Waals surface area (Å²) in [6.07, 6.45) is 1.50. The summed E-state index contributed by atoms with van der Waals surface area (Å²) in [4.78, 5) is 10.6. The van der Waals surface area contributed by atoms with Gasteiger partial charge in [0.05, 0.1) is 6.61 Å². The Hall–Kier alpha value is -1.75. The van der Waals surface area contributed by atoms with Gasteiger partial charge >= 0.3 is 5.97 Å². The first kappa shape index (κ1) is 12.7. The SMILES string of the molecule is CCOc1ccc2c(c1OCC(=O)O)CC(N)C2. The Kier molecular flexibility index (Phi) is 3.72. The summed E-state index contributed by atoms with van der Waals surface area (Å²) in [6.45, 7) is 2.01. The quantitative estimate of drug-likeness (QED) is 0.815. The molecule has 0 radical (unpaired) electrons. The van der Waals surface area contributed by atoms with Gasteiger partial charge in [-0.25, -0.2) is 4.79 Å². The Morgan fingerprint density at radius 3 is 2.89 bits per heavy atom. The summed E-state index contributed by atoms with van der Waals surface area (Å²) in [5.74, 6) is 0.119. The molecular weight excluding hydrogens is 234 g/mol. The lowest BCUT2D eigenvalue weighted by Crippen LogP contribution is -2.19. The standard InChI is InChI=1S/C13H17NO4/c1-2-17-11-4-3-8-5-9(14)6-10(8)13(11)18-7-12(15)16/h3-4,9H,2,5-7,14H2,1H3,(H,15,16). The molecule has 1 atom stereocenters. The summed E-state index contributed by atoms with van der Waals surface area (Å²) in [5.41, 5.74) is 8.02. The molecule has 1 aliphatic carbocycles. The zero-order valence-corrected chi connectivity index (χ0v) is 10.3. The van der Waals surface area contributed by atoms with Gasteiger partial charge in [-0.2, -0.15) is 0 Å². The topological polar surface area (TPSA) is 81.8 Å². The maximum absolute atomic E-state index is 10.6. The second-order valence-electron chi connectivity index (χ2n) is 4.31. The number of hydrogen-bond donors (Lipinski definition) is 2. The van der Waals surface area contributed by atoms with Crippen LogP contribution in [0.3, 0.4) is 0 Å². The highest BCUT2D eigenvalue weighted by Crippen LogP contribution is 2.38. The fourth-order valence-corrected chi connectivity index (χ4v) is 2.24. The number of aliphatic carboxylic acids is 1. The molecule has 98 valence electrons. The molecule has 0 heterocycles. The van der Waals surface area contributed by atoms with E-state index >= 15 is 0 Å². The second-order valence-corrected chi connectivity index (χ2v) is 4.31. The van der Waals surface area contributed by atoms with Crippen LogP contribution in [-0.4, -0.2) is 30.3 Å². The molecule has 0 aliphatic heterocycles. The van der Waals surface area contributed by atoms with Crippen molar-refractivity contribution in [1.82, 2.24) is 0 Å². The van der Waals surface area contributed by atoms with E-state index in [9.17, 15) is 4.79 Å². The molecule has 0 amide bonds. The Balaban J connectivity index is 2.32.